The first kappa shape index (κ1) is 12.2. The van der Waals surface area contributed by atoms with Crippen molar-refractivity contribution in [2.24, 2.45) is 0 Å². The van der Waals surface area contributed by atoms with Gasteiger partial charge < -0.3 is 5.32 Å². The van der Waals surface area contributed by atoms with Crippen LogP contribution in [-0.4, -0.2) is 0 Å². The van der Waals surface area contributed by atoms with Crippen LogP contribution in [0.4, 0.5) is 5.69 Å². The van der Waals surface area contributed by atoms with Gasteiger partial charge in [-0.2, -0.15) is 5.26 Å². The van der Waals surface area contributed by atoms with Crippen molar-refractivity contribution >= 4 is 5.69 Å². The van der Waals surface area contributed by atoms with E-state index in [4.69, 9.17) is 5.26 Å². The molecular formula is C16H16N2. The zero-order valence-electron chi connectivity index (χ0n) is 10.5. The molecule has 2 nitrogen and oxygen atoms in total. The van der Waals surface area contributed by atoms with Crippen LogP contribution in [0.1, 0.15) is 23.6 Å². The van der Waals surface area contributed by atoms with Crippen LogP contribution in [0, 0.1) is 11.3 Å². The smallest absolute Gasteiger partial charge is 0.101 e. The molecule has 0 atom stereocenters. The minimum absolute atomic E-state index is 0.687. The summed E-state index contributed by atoms with van der Waals surface area (Å²) in [6, 6.07) is 18.2. The van der Waals surface area contributed by atoms with E-state index in [0.717, 1.165) is 18.7 Å². The van der Waals surface area contributed by atoms with E-state index in [1.165, 1.54) is 11.1 Å². The number of hydrogen-bond donors (Lipinski definition) is 1. The molecule has 2 rings (SSSR count). The number of benzene rings is 2. The lowest BCUT2D eigenvalue weighted by molar-refractivity contribution is 1.04. The van der Waals surface area contributed by atoms with Gasteiger partial charge in [0.25, 0.3) is 0 Å². The van der Waals surface area contributed by atoms with Crippen LogP contribution in [0.15, 0.2) is 48.5 Å². The highest BCUT2D eigenvalue weighted by Crippen LogP contribution is 2.16. The summed E-state index contributed by atoms with van der Waals surface area (Å²) in [4.78, 5) is 0. The summed E-state index contributed by atoms with van der Waals surface area (Å²) < 4.78 is 0. The lowest BCUT2D eigenvalue weighted by atomic mass is 10.1. The quantitative estimate of drug-likeness (QED) is 0.878. The number of nitriles is 1. The highest BCUT2D eigenvalue weighted by Gasteiger charge is 2.02. The van der Waals surface area contributed by atoms with Gasteiger partial charge in [0.1, 0.15) is 6.07 Å². The number of hydrogen-bond acceptors (Lipinski definition) is 2. The maximum atomic E-state index is 9.03. The number of nitrogens with one attached hydrogen (secondary N) is 1. The molecule has 1 N–H and O–H groups in total. The third-order valence-corrected chi connectivity index (χ3v) is 3.02. The first-order valence-electron chi connectivity index (χ1n) is 6.15. The summed E-state index contributed by atoms with van der Waals surface area (Å²) in [5, 5.41) is 12.4. The molecule has 2 aromatic carbocycles. The standard InChI is InChI=1S/C16H16N2/c1-2-13-7-3-4-9-15(13)12-18-16-10-6-5-8-14(16)11-17/h3-10,18H,2,12H2,1H3. The van der Waals surface area contributed by atoms with Crippen molar-refractivity contribution in [3.05, 3.63) is 65.2 Å². The highest BCUT2D eigenvalue weighted by molar-refractivity contribution is 5.57. The molecule has 0 spiro atoms. The fourth-order valence-electron chi connectivity index (χ4n) is 2.00. The Morgan fingerprint density at radius 1 is 1.00 bits per heavy atom. The van der Waals surface area contributed by atoms with E-state index in [2.05, 4.69) is 36.5 Å². The van der Waals surface area contributed by atoms with Crippen molar-refractivity contribution in [2.75, 3.05) is 5.32 Å². The number of nitrogens with zero attached hydrogens (tertiary/aromatic N) is 1. The maximum Gasteiger partial charge on any atom is 0.101 e. The molecule has 0 bridgehead atoms. The average Bonchev–Trinajstić information content (AvgIpc) is 2.45. The second kappa shape index (κ2) is 5.88. The maximum absolute atomic E-state index is 9.03. The molecule has 0 radical (unpaired) electrons. The fraction of sp³-hybridized carbons (Fsp3) is 0.188. The van der Waals surface area contributed by atoms with Gasteiger partial charge in [-0.05, 0) is 29.7 Å². The molecule has 0 fully saturated rings. The molecule has 2 heteroatoms. The van der Waals surface area contributed by atoms with Crippen LogP contribution in [0.2, 0.25) is 0 Å². The average molecular weight is 236 g/mol. The molecular weight excluding hydrogens is 220 g/mol. The highest BCUT2D eigenvalue weighted by atomic mass is 14.9. The topological polar surface area (TPSA) is 35.8 Å². The Hall–Kier alpha value is -2.27. The Kier molecular flexibility index (Phi) is 3.98. The summed E-state index contributed by atoms with van der Waals surface area (Å²) in [6.45, 7) is 2.91. The first-order valence-corrected chi connectivity index (χ1v) is 6.15. The molecule has 18 heavy (non-hydrogen) atoms. The molecule has 0 saturated carbocycles. The predicted octanol–water partition coefficient (Wildman–Crippen LogP) is 3.73. The number of para-hydroxylation sites is 1. The monoisotopic (exact) mass is 236 g/mol. The van der Waals surface area contributed by atoms with Gasteiger partial charge in [-0.1, -0.05) is 43.3 Å². The number of anilines is 1. The fourth-order valence-corrected chi connectivity index (χ4v) is 2.00. The van der Waals surface area contributed by atoms with E-state index in [1.807, 2.05) is 30.3 Å². The molecule has 90 valence electrons. The van der Waals surface area contributed by atoms with Crippen molar-refractivity contribution < 1.29 is 0 Å². The van der Waals surface area contributed by atoms with Gasteiger partial charge in [0.15, 0.2) is 0 Å². The van der Waals surface area contributed by atoms with E-state index in [0.29, 0.717) is 5.56 Å². The molecule has 0 saturated heterocycles. The second-order valence-electron chi connectivity index (χ2n) is 4.13. The van der Waals surface area contributed by atoms with Crippen LogP contribution < -0.4 is 5.32 Å². The van der Waals surface area contributed by atoms with Gasteiger partial charge in [-0.3, -0.25) is 0 Å². The van der Waals surface area contributed by atoms with Crippen molar-refractivity contribution in [2.45, 2.75) is 19.9 Å². The zero-order valence-corrected chi connectivity index (χ0v) is 10.5. The molecule has 0 amide bonds. The molecule has 0 aliphatic rings. The minimum atomic E-state index is 0.687. The van der Waals surface area contributed by atoms with E-state index in [-0.39, 0.29) is 0 Å². The van der Waals surface area contributed by atoms with Crippen LogP contribution in [0.25, 0.3) is 0 Å². The Labute approximate surface area is 108 Å². The first-order chi connectivity index (χ1) is 8.85. The number of aryl methyl sites for hydroxylation is 1. The Morgan fingerprint density at radius 3 is 2.39 bits per heavy atom. The van der Waals surface area contributed by atoms with Gasteiger partial charge in [-0.25, -0.2) is 0 Å². The lowest BCUT2D eigenvalue weighted by Gasteiger charge is -2.11. The lowest BCUT2D eigenvalue weighted by Crippen LogP contribution is -2.03. The Balaban J connectivity index is 2.14. The summed E-state index contributed by atoms with van der Waals surface area (Å²) >= 11 is 0. The van der Waals surface area contributed by atoms with Crippen molar-refractivity contribution in [3.8, 4) is 6.07 Å². The van der Waals surface area contributed by atoms with Crippen molar-refractivity contribution in [1.82, 2.24) is 0 Å². The van der Waals surface area contributed by atoms with Crippen molar-refractivity contribution in [3.63, 3.8) is 0 Å². The largest absolute Gasteiger partial charge is 0.380 e. The van der Waals surface area contributed by atoms with E-state index in [9.17, 15) is 0 Å². The molecule has 2 aromatic rings. The van der Waals surface area contributed by atoms with Gasteiger partial charge >= 0.3 is 0 Å². The van der Waals surface area contributed by atoms with Crippen LogP contribution in [0.3, 0.4) is 0 Å². The third kappa shape index (κ3) is 2.70. The molecule has 0 aromatic heterocycles. The summed E-state index contributed by atoms with van der Waals surface area (Å²) in [7, 11) is 0. The summed E-state index contributed by atoms with van der Waals surface area (Å²) in [5.41, 5.74) is 4.21. The third-order valence-electron chi connectivity index (χ3n) is 3.02. The molecule has 0 heterocycles. The van der Waals surface area contributed by atoms with Gasteiger partial charge in [-0.15, -0.1) is 0 Å². The second-order valence-corrected chi connectivity index (χ2v) is 4.13. The van der Waals surface area contributed by atoms with Crippen LogP contribution >= 0.6 is 0 Å². The minimum Gasteiger partial charge on any atom is -0.380 e. The van der Waals surface area contributed by atoms with Crippen molar-refractivity contribution in [1.29, 1.82) is 5.26 Å². The number of rotatable bonds is 4. The van der Waals surface area contributed by atoms with E-state index < -0.39 is 0 Å². The normalized spacial score (nSPS) is 9.78. The van der Waals surface area contributed by atoms with Gasteiger partial charge in [0.05, 0.1) is 11.3 Å². The molecule has 0 aliphatic carbocycles. The van der Waals surface area contributed by atoms with Crippen LogP contribution in [0.5, 0.6) is 0 Å². The Morgan fingerprint density at radius 2 is 1.67 bits per heavy atom. The molecule has 0 aliphatic heterocycles. The summed E-state index contributed by atoms with van der Waals surface area (Å²) in [5.74, 6) is 0. The summed E-state index contributed by atoms with van der Waals surface area (Å²) in [6.07, 6.45) is 1.03. The van der Waals surface area contributed by atoms with Gasteiger partial charge in [0, 0.05) is 6.54 Å². The molecule has 0 unspecified atom stereocenters. The zero-order chi connectivity index (χ0) is 12.8. The van der Waals surface area contributed by atoms with Crippen LogP contribution in [-0.2, 0) is 13.0 Å². The SMILES string of the molecule is CCc1ccccc1CNc1ccccc1C#N. The van der Waals surface area contributed by atoms with E-state index in [1.54, 1.807) is 0 Å². The van der Waals surface area contributed by atoms with Gasteiger partial charge in [0.2, 0.25) is 0 Å². The van der Waals surface area contributed by atoms with E-state index >= 15 is 0 Å². The Bertz CT molecular complexity index is 567. The predicted molar refractivity (Wildman–Crippen MR) is 74.3 cm³/mol.